The Bertz CT molecular complexity index is 612. The van der Waals surface area contributed by atoms with Gasteiger partial charge in [-0.15, -0.1) is 0 Å². The minimum atomic E-state index is -0.421. The molecule has 0 aliphatic rings. The maximum Gasteiger partial charge on any atom is 0.325 e. The number of hydrogen-bond acceptors (Lipinski definition) is 4. The Kier molecular flexibility index (Phi) is 4.62. The van der Waals surface area contributed by atoms with E-state index in [2.05, 4.69) is 0 Å². The molecule has 1 amide bonds. The SMILES string of the molecule is CCOC(=O)CN(C(=O)c1cc2ccccc2o1)C(C)C. The summed E-state index contributed by atoms with van der Waals surface area (Å²) in [5, 5.41) is 0.862. The second kappa shape index (κ2) is 6.43. The van der Waals surface area contributed by atoms with Gasteiger partial charge in [0, 0.05) is 11.4 Å². The van der Waals surface area contributed by atoms with Crippen LogP contribution in [0.15, 0.2) is 34.7 Å². The van der Waals surface area contributed by atoms with E-state index in [4.69, 9.17) is 9.15 Å². The summed E-state index contributed by atoms with van der Waals surface area (Å²) in [4.78, 5) is 25.6. The van der Waals surface area contributed by atoms with Crippen LogP contribution in [-0.2, 0) is 9.53 Å². The molecule has 21 heavy (non-hydrogen) atoms. The molecule has 1 heterocycles. The van der Waals surface area contributed by atoms with Crippen LogP contribution in [0.5, 0.6) is 0 Å². The topological polar surface area (TPSA) is 59.8 Å². The van der Waals surface area contributed by atoms with E-state index in [9.17, 15) is 9.59 Å². The number of carbonyl (C=O) groups is 2. The van der Waals surface area contributed by atoms with Crippen LogP contribution in [0.3, 0.4) is 0 Å². The van der Waals surface area contributed by atoms with Crippen molar-refractivity contribution in [2.45, 2.75) is 26.8 Å². The van der Waals surface area contributed by atoms with Crippen molar-refractivity contribution in [2.24, 2.45) is 0 Å². The Morgan fingerprint density at radius 2 is 2.00 bits per heavy atom. The largest absolute Gasteiger partial charge is 0.465 e. The molecule has 0 bridgehead atoms. The predicted octanol–water partition coefficient (Wildman–Crippen LogP) is 2.85. The number of nitrogens with zero attached hydrogens (tertiary/aromatic N) is 1. The summed E-state index contributed by atoms with van der Waals surface area (Å²) in [7, 11) is 0. The van der Waals surface area contributed by atoms with E-state index in [0.717, 1.165) is 5.39 Å². The molecule has 0 radical (unpaired) electrons. The Labute approximate surface area is 123 Å². The summed E-state index contributed by atoms with van der Waals surface area (Å²) in [6.07, 6.45) is 0. The number of hydrogen-bond donors (Lipinski definition) is 0. The molecule has 1 aromatic heterocycles. The van der Waals surface area contributed by atoms with Crippen LogP contribution in [0.2, 0.25) is 0 Å². The lowest BCUT2D eigenvalue weighted by atomic mass is 10.2. The van der Waals surface area contributed by atoms with E-state index in [-0.39, 0.29) is 24.3 Å². The van der Waals surface area contributed by atoms with Gasteiger partial charge in [-0.05, 0) is 32.9 Å². The molecule has 0 spiro atoms. The predicted molar refractivity (Wildman–Crippen MR) is 79.0 cm³/mol. The number of ether oxygens (including phenoxy) is 1. The van der Waals surface area contributed by atoms with Gasteiger partial charge in [-0.1, -0.05) is 18.2 Å². The third-order valence-corrected chi connectivity index (χ3v) is 3.13. The molecular weight excluding hydrogens is 270 g/mol. The molecule has 2 rings (SSSR count). The fourth-order valence-corrected chi connectivity index (χ4v) is 2.06. The first-order valence-corrected chi connectivity index (χ1v) is 6.98. The number of para-hydroxylation sites is 1. The summed E-state index contributed by atoms with van der Waals surface area (Å²) in [5.41, 5.74) is 0.653. The summed E-state index contributed by atoms with van der Waals surface area (Å²) in [6, 6.07) is 8.97. The smallest absolute Gasteiger partial charge is 0.325 e. The lowest BCUT2D eigenvalue weighted by Gasteiger charge is -2.24. The number of benzene rings is 1. The third-order valence-electron chi connectivity index (χ3n) is 3.13. The van der Waals surface area contributed by atoms with E-state index in [1.165, 1.54) is 4.90 Å². The minimum Gasteiger partial charge on any atom is -0.465 e. The number of fused-ring (bicyclic) bond motifs is 1. The van der Waals surface area contributed by atoms with Crippen LogP contribution < -0.4 is 0 Å². The second-order valence-electron chi connectivity index (χ2n) is 4.98. The molecule has 5 heteroatoms. The quantitative estimate of drug-likeness (QED) is 0.794. The molecule has 5 nitrogen and oxygen atoms in total. The molecule has 0 aliphatic heterocycles. The Morgan fingerprint density at radius 3 is 2.62 bits per heavy atom. The van der Waals surface area contributed by atoms with Gasteiger partial charge in [-0.3, -0.25) is 9.59 Å². The molecule has 0 unspecified atom stereocenters. The second-order valence-corrected chi connectivity index (χ2v) is 4.98. The van der Waals surface area contributed by atoms with Crippen molar-refractivity contribution in [3.8, 4) is 0 Å². The Balaban J connectivity index is 2.23. The molecule has 112 valence electrons. The van der Waals surface area contributed by atoms with Gasteiger partial charge in [-0.25, -0.2) is 0 Å². The van der Waals surface area contributed by atoms with E-state index < -0.39 is 5.97 Å². The number of carbonyl (C=O) groups excluding carboxylic acids is 2. The van der Waals surface area contributed by atoms with Gasteiger partial charge in [0.2, 0.25) is 0 Å². The highest BCUT2D eigenvalue weighted by Gasteiger charge is 2.24. The van der Waals surface area contributed by atoms with Gasteiger partial charge in [0.25, 0.3) is 5.91 Å². The lowest BCUT2D eigenvalue weighted by molar-refractivity contribution is -0.144. The van der Waals surface area contributed by atoms with Crippen LogP contribution in [0.25, 0.3) is 11.0 Å². The van der Waals surface area contributed by atoms with Crippen molar-refractivity contribution in [1.82, 2.24) is 4.90 Å². The van der Waals surface area contributed by atoms with Crippen LogP contribution in [0, 0.1) is 0 Å². The minimum absolute atomic E-state index is 0.0820. The molecule has 0 fully saturated rings. The monoisotopic (exact) mass is 289 g/mol. The van der Waals surface area contributed by atoms with Crippen molar-refractivity contribution in [1.29, 1.82) is 0 Å². The van der Waals surface area contributed by atoms with Gasteiger partial charge in [0.05, 0.1) is 6.61 Å². The fourth-order valence-electron chi connectivity index (χ4n) is 2.06. The zero-order chi connectivity index (χ0) is 15.4. The number of amides is 1. The standard InChI is InChI=1S/C16H19NO4/c1-4-20-15(18)10-17(11(2)3)16(19)14-9-12-7-5-6-8-13(12)21-14/h5-9,11H,4,10H2,1-3H3. The highest BCUT2D eigenvalue weighted by atomic mass is 16.5. The summed E-state index contributed by atoms with van der Waals surface area (Å²) in [6.45, 7) is 5.64. The maximum absolute atomic E-state index is 12.5. The molecule has 0 atom stereocenters. The third kappa shape index (κ3) is 3.42. The fraction of sp³-hybridized carbons (Fsp3) is 0.375. The zero-order valence-corrected chi connectivity index (χ0v) is 12.5. The van der Waals surface area contributed by atoms with Crippen molar-refractivity contribution in [3.63, 3.8) is 0 Å². The molecule has 0 saturated heterocycles. The van der Waals surface area contributed by atoms with Gasteiger partial charge < -0.3 is 14.1 Å². The van der Waals surface area contributed by atoms with Gasteiger partial charge in [-0.2, -0.15) is 0 Å². The van der Waals surface area contributed by atoms with Gasteiger partial charge in [0.15, 0.2) is 5.76 Å². The maximum atomic E-state index is 12.5. The first-order chi connectivity index (χ1) is 10.0. The first-order valence-electron chi connectivity index (χ1n) is 6.98. The average molecular weight is 289 g/mol. The molecule has 2 aromatic rings. The molecule has 1 aromatic carbocycles. The molecule has 0 saturated carbocycles. The zero-order valence-electron chi connectivity index (χ0n) is 12.5. The molecular formula is C16H19NO4. The summed E-state index contributed by atoms with van der Waals surface area (Å²) >= 11 is 0. The number of rotatable bonds is 5. The highest BCUT2D eigenvalue weighted by Crippen LogP contribution is 2.20. The van der Waals surface area contributed by atoms with E-state index in [1.54, 1.807) is 19.1 Å². The van der Waals surface area contributed by atoms with Crippen LogP contribution in [-0.4, -0.2) is 36.0 Å². The van der Waals surface area contributed by atoms with E-state index in [0.29, 0.717) is 12.2 Å². The van der Waals surface area contributed by atoms with E-state index in [1.807, 2.05) is 32.0 Å². The molecule has 0 N–H and O–H groups in total. The number of esters is 1. The average Bonchev–Trinajstić information content (AvgIpc) is 2.88. The highest BCUT2D eigenvalue weighted by molar-refractivity contribution is 5.97. The van der Waals surface area contributed by atoms with Gasteiger partial charge >= 0.3 is 5.97 Å². The van der Waals surface area contributed by atoms with E-state index >= 15 is 0 Å². The van der Waals surface area contributed by atoms with Crippen molar-refractivity contribution < 1.29 is 18.7 Å². The van der Waals surface area contributed by atoms with Crippen LogP contribution >= 0.6 is 0 Å². The van der Waals surface area contributed by atoms with Crippen molar-refractivity contribution in [2.75, 3.05) is 13.2 Å². The first kappa shape index (κ1) is 15.1. The Hall–Kier alpha value is -2.30. The van der Waals surface area contributed by atoms with Crippen molar-refractivity contribution in [3.05, 3.63) is 36.1 Å². The van der Waals surface area contributed by atoms with Crippen LogP contribution in [0.1, 0.15) is 31.3 Å². The summed E-state index contributed by atoms with van der Waals surface area (Å²) in [5.74, 6) is -0.501. The van der Waals surface area contributed by atoms with Gasteiger partial charge in [0.1, 0.15) is 12.1 Å². The Morgan fingerprint density at radius 1 is 1.29 bits per heavy atom. The molecule has 0 aliphatic carbocycles. The normalized spacial score (nSPS) is 10.9. The van der Waals surface area contributed by atoms with Crippen molar-refractivity contribution >= 4 is 22.8 Å². The lowest BCUT2D eigenvalue weighted by Crippen LogP contribution is -2.41. The summed E-state index contributed by atoms with van der Waals surface area (Å²) < 4.78 is 10.5. The number of furan rings is 1. The van der Waals surface area contributed by atoms with Crippen LogP contribution in [0.4, 0.5) is 0 Å².